The highest BCUT2D eigenvalue weighted by molar-refractivity contribution is 6.36. The summed E-state index contributed by atoms with van der Waals surface area (Å²) >= 11 is 17.8. The van der Waals surface area contributed by atoms with E-state index in [0.717, 1.165) is 0 Å². The van der Waals surface area contributed by atoms with Gasteiger partial charge in [-0.05, 0) is 42.5 Å². The average molecular weight is 394 g/mol. The fourth-order valence-corrected chi connectivity index (χ4v) is 2.54. The number of anilines is 3. The number of hydrogen-bond acceptors (Lipinski definition) is 4. The van der Waals surface area contributed by atoms with Gasteiger partial charge in [0.2, 0.25) is 5.95 Å². The van der Waals surface area contributed by atoms with Crippen molar-refractivity contribution in [1.29, 1.82) is 0 Å². The van der Waals surface area contributed by atoms with Crippen LogP contribution in [0, 0.1) is 0 Å². The average Bonchev–Trinajstić information content (AvgIpc) is 2.60. The van der Waals surface area contributed by atoms with Gasteiger partial charge >= 0.3 is 0 Å². The summed E-state index contributed by atoms with van der Waals surface area (Å²) < 4.78 is 0. The zero-order valence-corrected chi connectivity index (χ0v) is 14.9. The number of benzene rings is 2. The molecular weight excluding hydrogens is 383 g/mol. The second kappa shape index (κ2) is 7.70. The van der Waals surface area contributed by atoms with Crippen molar-refractivity contribution in [3.8, 4) is 0 Å². The molecule has 0 fully saturated rings. The highest BCUT2D eigenvalue weighted by atomic mass is 35.5. The maximum atomic E-state index is 12.2. The van der Waals surface area contributed by atoms with Crippen molar-refractivity contribution < 1.29 is 4.79 Å². The molecule has 0 aliphatic rings. The number of nitrogens with zero attached hydrogens (tertiary/aromatic N) is 2. The maximum absolute atomic E-state index is 12.2. The maximum Gasteiger partial charge on any atom is 0.258 e. The lowest BCUT2D eigenvalue weighted by atomic mass is 10.3. The minimum absolute atomic E-state index is 0.312. The Hall–Kier alpha value is -2.34. The van der Waals surface area contributed by atoms with Crippen molar-refractivity contribution in [2.75, 3.05) is 10.6 Å². The predicted molar refractivity (Wildman–Crippen MR) is 101 cm³/mol. The van der Waals surface area contributed by atoms with Crippen LogP contribution in [0.5, 0.6) is 0 Å². The Bertz CT molecular complexity index is 899. The molecule has 5 nitrogen and oxygen atoms in total. The molecule has 0 unspecified atom stereocenters. The van der Waals surface area contributed by atoms with Crippen LogP contribution in [0.15, 0.2) is 54.9 Å². The van der Waals surface area contributed by atoms with E-state index < -0.39 is 0 Å². The summed E-state index contributed by atoms with van der Waals surface area (Å²) in [6.45, 7) is 0. The topological polar surface area (TPSA) is 66.9 Å². The molecule has 126 valence electrons. The van der Waals surface area contributed by atoms with Gasteiger partial charge in [-0.1, -0.05) is 34.8 Å². The number of carbonyl (C=O) groups is 1. The van der Waals surface area contributed by atoms with Crippen LogP contribution >= 0.6 is 34.8 Å². The third-order valence-corrected chi connectivity index (χ3v) is 3.99. The molecule has 0 aliphatic carbocycles. The monoisotopic (exact) mass is 392 g/mol. The second-order valence-corrected chi connectivity index (χ2v) is 6.29. The molecule has 0 spiro atoms. The summed E-state index contributed by atoms with van der Waals surface area (Å²) in [6.07, 6.45) is 2.84. The molecule has 25 heavy (non-hydrogen) atoms. The fourth-order valence-electron chi connectivity index (χ4n) is 1.96. The van der Waals surface area contributed by atoms with E-state index in [1.54, 1.807) is 42.5 Å². The van der Waals surface area contributed by atoms with Crippen LogP contribution < -0.4 is 10.6 Å². The first kappa shape index (κ1) is 17.5. The Morgan fingerprint density at radius 3 is 2.16 bits per heavy atom. The molecule has 0 atom stereocenters. The molecule has 3 rings (SSSR count). The Labute approximate surface area is 159 Å². The fraction of sp³-hybridized carbons (Fsp3) is 0. The van der Waals surface area contributed by atoms with E-state index in [2.05, 4.69) is 20.6 Å². The highest BCUT2D eigenvalue weighted by Gasteiger charge is 2.09. The van der Waals surface area contributed by atoms with Crippen LogP contribution in [0.1, 0.15) is 10.4 Å². The van der Waals surface area contributed by atoms with Gasteiger partial charge in [0.05, 0.1) is 16.3 Å². The van der Waals surface area contributed by atoms with Gasteiger partial charge in [-0.2, -0.15) is 0 Å². The zero-order valence-electron chi connectivity index (χ0n) is 12.6. The second-order valence-electron chi connectivity index (χ2n) is 5.01. The van der Waals surface area contributed by atoms with Gasteiger partial charge < -0.3 is 10.6 Å². The van der Waals surface area contributed by atoms with Crippen molar-refractivity contribution in [1.82, 2.24) is 9.97 Å². The van der Waals surface area contributed by atoms with Gasteiger partial charge in [-0.15, -0.1) is 0 Å². The molecule has 1 aromatic heterocycles. The largest absolute Gasteiger partial charge is 0.323 e. The summed E-state index contributed by atoms with van der Waals surface area (Å²) in [5.74, 6) is -0.00865. The molecule has 8 heteroatoms. The van der Waals surface area contributed by atoms with Gasteiger partial charge in [0.15, 0.2) is 0 Å². The predicted octanol–water partition coefficient (Wildman–Crippen LogP) is 5.43. The van der Waals surface area contributed by atoms with Crippen molar-refractivity contribution in [2.45, 2.75) is 0 Å². The molecule has 1 heterocycles. The van der Waals surface area contributed by atoms with Crippen molar-refractivity contribution in [3.05, 3.63) is 75.5 Å². The molecule has 0 aliphatic heterocycles. The van der Waals surface area contributed by atoms with E-state index >= 15 is 0 Å². The summed E-state index contributed by atoms with van der Waals surface area (Å²) in [6, 6.07) is 11.8. The van der Waals surface area contributed by atoms with Crippen LogP contribution in [0.2, 0.25) is 15.1 Å². The SMILES string of the molecule is O=C(Nc1ccc(Cl)cc1)c1cnc(Nc2ccc(Cl)cc2Cl)nc1. The normalized spacial score (nSPS) is 10.4. The Morgan fingerprint density at radius 1 is 0.880 bits per heavy atom. The lowest BCUT2D eigenvalue weighted by Gasteiger charge is -2.08. The van der Waals surface area contributed by atoms with E-state index in [1.165, 1.54) is 12.4 Å². The van der Waals surface area contributed by atoms with E-state index in [9.17, 15) is 4.79 Å². The number of aromatic nitrogens is 2. The molecule has 1 amide bonds. The molecule has 0 saturated carbocycles. The quantitative estimate of drug-likeness (QED) is 0.620. The van der Waals surface area contributed by atoms with Crippen molar-refractivity contribution >= 4 is 58.0 Å². The number of carbonyl (C=O) groups excluding carboxylic acids is 1. The highest BCUT2D eigenvalue weighted by Crippen LogP contribution is 2.27. The van der Waals surface area contributed by atoms with E-state index in [4.69, 9.17) is 34.8 Å². The number of hydrogen-bond donors (Lipinski definition) is 2. The van der Waals surface area contributed by atoms with Crippen LogP contribution in [0.4, 0.5) is 17.3 Å². The summed E-state index contributed by atoms with van der Waals surface area (Å²) in [5.41, 5.74) is 1.57. The first-order valence-electron chi connectivity index (χ1n) is 7.12. The van der Waals surface area contributed by atoms with Gasteiger partial charge in [-0.25, -0.2) is 9.97 Å². The lowest BCUT2D eigenvalue weighted by Crippen LogP contribution is -2.13. The number of rotatable bonds is 4. The molecule has 2 aromatic carbocycles. The van der Waals surface area contributed by atoms with Gasteiger partial charge in [0.25, 0.3) is 5.91 Å². The van der Waals surface area contributed by atoms with Crippen LogP contribution in [-0.4, -0.2) is 15.9 Å². The minimum atomic E-state index is -0.321. The van der Waals surface area contributed by atoms with Gasteiger partial charge in [0.1, 0.15) is 0 Å². The van der Waals surface area contributed by atoms with E-state index in [1.807, 2.05) is 0 Å². The first-order valence-corrected chi connectivity index (χ1v) is 8.26. The van der Waals surface area contributed by atoms with E-state index in [0.29, 0.717) is 38.0 Å². The lowest BCUT2D eigenvalue weighted by molar-refractivity contribution is 0.102. The molecule has 0 radical (unpaired) electrons. The first-order chi connectivity index (χ1) is 12.0. The Kier molecular flexibility index (Phi) is 5.38. The van der Waals surface area contributed by atoms with Crippen LogP contribution in [0.3, 0.4) is 0 Å². The molecule has 0 bridgehead atoms. The van der Waals surface area contributed by atoms with E-state index in [-0.39, 0.29) is 5.91 Å². The van der Waals surface area contributed by atoms with Crippen LogP contribution in [-0.2, 0) is 0 Å². The number of amides is 1. The summed E-state index contributed by atoms with van der Waals surface area (Å²) in [5, 5.41) is 7.27. The molecule has 3 aromatic rings. The number of halogens is 3. The summed E-state index contributed by atoms with van der Waals surface area (Å²) in [7, 11) is 0. The number of nitrogens with one attached hydrogen (secondary N) is 2. The third-order valence-electron chi connectivity index (χ3n) is 3.19. The molecule has 0 saturated heterocycles. The van der Waals surface area contributed by atoms with Gasteiger partial charge in [-0.3, -0.25) is 4.79 Å². The molecular formula is C17H11Cl3N4O. The molecule has 2 N–H and O–H groups in total. The smallest absolute Gasteiger partial charge is 0.258 e. The van der Waals surface area contributed by atoms with Crippen molar-refractivity contribution in [3.63, 3.8) is 0 Å². The summed E-state index contributed by atoms with van der Waals surface area (Å²) in [4.78, 5) is 20.4. The van der Waals surface area contributed by atoms with Crippen molar-refractivity contribution in [2.24, 2.45) is 0 Å². The third kappa shape index (κ3) is 4.60. The van der Waals surface area contributed by atoms with Crippen LogP contribution in [0.25, 0.3) is 0 Å². The minimum Gasteiger partial charge on any atom is -0.323 e. The zero-order chi connectivity index (χ0) is 17.8. The standard InChI is InChI=1S/C17H11Cl3N4O/c18-11-1-4-13(5-2-11)23-16(25)10-8-21-17(22-9-10)24-15-6-3-12(19)7-14(15)20/h1-9H,(H,23,25)(H,21,22,24). The Balaban J connectivity index is 1.69. The Morgan fingerprint density at radius 2 is 1.52 bits per heavy atom. The van der Waals surface area contributed by atoms with Gasteiger partial charge in [0, 0.05) is 28.1 Å².